The van der Waals surface area contributed by atoms with Crippen LogP contribution in [0, 0.1) is 0 Å². The first-order valence-electron chi connectivity index (χ1n) is 6.39. The van der Waals surface area contributed by atoms with Crippen LogP contribution in [0.5, 0.6) is 11.5 Å². The van der Waals surface area contributed by atoms with Gasteiger partial charge in [0.15, 0.2) is 11.5 Å². The van der Waals surface area contributed by atoms with E-state index in [0.717, 1.165) is 13.0 Å². The number of esters is 1. The molecule has 0 amide bonds. The molecule has 18 heavy (non-hydrogen) atoms. The number of carbonyl (C=O) groups excluding carboxylic acids is 1. The molecular formula is C14H19NO3. The molecule has 1 unspecified atom stereocenters. The molecule has 0 aromatic heterocycles. The van der Waals surface area contributed by atoms with Gasteiger partial charge in [0.2, 0.25) is 0 Å². The van der Waals surface area contributed by atoms with Gasteiger partial charge in [-0.3, -0.25) is 4.79 Å². The summed E-state index contributed by atoms with van der Waals surface area (Å²) in [6, 6.07) is 7.82. The van der Waals surface area contributed by atoms with Gasteiger partial charge in [0.25, 0.3) is 0 Å². The summed E-state index contributed by atoms with van der Waals surface area (Å²) in [4.78, 5) is 11.0. The fourth-order valence-electron chi connectivity index (χ4n) is 2.12. The van der Waals surface area contributed by atoms with Crippen molar-refractivity contribution in [1.29, 1.82) is 0 Å². The summed E-state index contributed by atoms with van der Waals surface area (Å²) in [5.41, 5.74) is 0. The average Bonchev–Trinajstić information content (AvgIpc) is 2.84. The van der Waals surface area contributed by atoms with E-state index in [4.69, 9.17) is 9.47 Å². The Balaban J connectivity index is 1.85. The zero-order valence-electron chi connectivity index (χ0n) is 10.6. The molecule has 1 aromatic carbocycles. The number of ether oxygens (including phenoxy) is 2. The Bertz CT molecular complexity index is 400. The summed E-state index contributed by atoms with van der Waals surface area (Å²) in [5.74, 6) is 0.790. The second-order valence-electron chi connectivity index (χ2n) is 4.47. The van der Waals surface area contributed by atoms with Crippen LogP contribution >= 0.6 is 0 Å². The van der Waals surface area contributed by atoms with E-state index in [-0.39, 0.29) is 5.97 Å². The molecule has 0 saturated carbocycles. The molecule has 1 N–H and O–H groups in total. The fraction of sp³-hybridized carbons (Fsp3) is 0.500. The molecule has 0 radical (unpaired) electrons. The Labute approximate surface area is 107 Å². The van der Waals surface area contributed by atoms with Crippen LogP contribution in [0.15, 0.2) is 24.3 Å². The average molecular weight is 249 g/mol. The molecule has 1 aliphatic heterocycles. The molecule has 1 fully saturated rings. The van der Waals surface area contributed by atoms with E-state index in [0.29, 0.717) is 24.1 Å². The van der Waals surface area contributed by atoms with Crippen LogP contribution in [0.4, 0.5) is 0 Å². The van der Waals surface area contributed by atoms with E-state index in [1.54, 1.807) is 6.07 Å². The largest absolute Gasteiger partial charge is 0.490 e. The van der Waals surface area contributed by atoms with Gasteiger partial charge in [-0.2, -0.15) is 0 Å². The normalized spacial score (nSPS) is 18.6. The van der Waals surface area contributed by atoms with Crippen molar-refractivity contribution in [1.82, 2.24) is 5.32 Å². The van der Waals surface area contributed by atoms with Crippen molar-refractivity contribution in [3.8, 4) is 11.5 Å². The monoisotopic (exact) mass is 249 g/mol. The summed E-state index contributed by atoms with van der Waals surface area (Å²) in [6.07, 6.45) is 3.44. The van der Waals surface area contributed by atoms with Crippen LogP contribution in [-0.4, -0.2) is 25.2 Å². The van der Waals surface area contributed by atoms with Crippen molar-refractivity contribution < 1.29 is 14.3 Å². The first-order chi connectivity index (χ1) is 8.75. The van der Waals surface area contributed by atoms with Gasteiger partial charge in [0.1, 0.15) is 0 Å². The summed E-state index contributed by atoms with van der Waals surface area (Å²) < 4.78 is 10.8. The van der Waals surface area contributed by atoms with Gasteiger partial charge in [-0.1, -0.05) is 12.1 Å². The summed E-state index contributed by atoms with van der Waals surface area (Å²) >= 11 is 0. The maximum atomic E-state index is 11.0. The zero-order chi connectivity index (χ0) is 12.8. The molecule has 0 aliphatic carbocycles. The molecule has 1 saturated heterocycles. The number of nitrogens with one attached hydrogen (secondary N) is 1. The van der Waals surface area contributed by atoms with Crippen LogP contribution < -0.4 is 14.8 Å². The fourth-order valence-corrected chi connectivity index (χ4v) is 2.12. The van der Waals surface area contributed by atoms with Crippen molar-refractivity contribution in [3.05, 3.63) is 24.3 Å². The number of rotatable bonds is 5. The second-order valence-corrected chi connectivity index (χ2v) is 4.47. The Kier molecular flexibility index (Phi) is 4.59. The molecule has 0 bridgehead atoms. The van der Waals surface area contributed by atoms with Gasteiger partial charge in [-0.25, -0.2) is 0 Å². The molecule has 1 heterocycles. The summed E-state index contributed by atoms with van der Waals surface area (Å²) in [5, 5.41) is 3.42. The van der Waals surface area contributed by atoms with E-state index in [1.807, 2.05) is 18.2 Å². The second kappa shape index (κ2) is 6.40. The van der Waals surface area contributed by atoms with Gasteiger partial charge >= 0.3 is 5.97 Å². The number of carbonyl (C=O) groups is 1. The van der Waals surface area contributed by atoms with Crippen LogP contribution in [0.3, 0.4) is 0 Å². The smallest absolute Gasteiger partial charge is 0.308 e. The van der Waals surface area contributed by atoms with Crippen molar-refractivity contribution in [2.24, 2.45) is 0 Å². The van der Waals surface area contributed by atoms with Crippen molar-refractivity contribution in [2.75, 3.05) is 13.2 Å². The summed E-state index contributed by atoms with van der Waals surface area (Å²) in [6.45, 7) is 3.13. The molecular weight excluding hydrogens is 230 g/mol. The van der Waals surface area contributed by atoms with Gasteiger partial charge in [0.05, 0.1) is 6.61 Å². The summed E-state index contributed by atoms with van der Waals surface area (Å²) in [7, 11) is 0. The van der Waals surface area contributed by atoms with Gasteiger partial charge in [-0.05, 0) is 37.9 Å². The van der Waals surface area contributed by atoms with Crippen LogP contribution in [0.1, 0.15) is 26.2 Å². The molecule has 98 valence electrons. The first-order valence-corrected chi connectivity index (χ1v) is 6.39. The lowest BCUT2D eigenvalue weighted by atomic mass is 10.2. The van der Waals surface area contributed by atoms with Gasteiger partial charge in [0, 0.05) is 13.0 Å². The molecule has 1 aliphatic rings. The van der Waals surface area contributed by atoms with Crippen LogP contribution in [-0.2, 0) is 4.79 Å². The maximum Gasteiger partial charge on any atom is 0.308 e. The van der Waals surface area contributed by atoms with Crippen LogP contribution in [0.2, 0.25) is 0 Å². The lowest BCUT2D eigenvalue weighted by Crippen LogP contribution is -2.23. The van der Waals surface area contributed by atoms with E-state index in [1.165, 1.54) is 19.8 Å². The minimum absolute atomic E-state index is 0.330. The van der Waals surface area contributed by atoms with E-state index in [2.05, 4.69) is 5.32 Å². The van der Waals surface area contributed by atoms with E-state index in [9.17, 15) is 4.79 Å². The molecule has 0 spiro atoms. The molecule has 4 nitrogen and oxygen atoms in total. The number of para-hydroxylation sites is 2. The Hall–Kier alpha value is -1.55. The topological polar surface area (TPSA) is 47.6 Å². The maximum absolute atomic E-state index is 11.0. The van der Waals surface area contributed by atoms with Gasteiger partial charge < -0.3 is 14.8 Å². The molecule has 1 atom stereocenters. The Morgan fingerprint density at radius 1 is 1.39 bits per heavy atom. The standard InChI is InChI=1S/C14H19NO3/c1-11(16)18-14-7-3-2-6-13(14)17-10-8-12-5-4-9-15-12/h2-3,6-7,12,15H,4-5,8-10H2,1H3. The SMILES string of the molecule is CC(=O)Oc1ccccc1OCCC1CCCN1. The lowest BCUT2D eigenvalue weighted by Gasteiger charge is -2.13. The number of benzene rings is 1. The Morgan fingerprint density at radius 2 is 2.17 bits per heavy atom. The molecule has 4 heteroatoms. The highest BCUT2D eigenvalue weighted by Crippen LogP contribution is 2.26. The van der Waals surface area contributed by atoms with Crippen molar-refractivity contribution in [3.63, 3.8) is 0 Å². The quantitative estimate of drug-likeness (QED) is 0.641. The zero-order valence-corrected chi connectivity index (χ0v) is 10.6. The highest BCUT2D eigenvalue weighted by molar-refractivity contribution is 5.70. The highest BCUT2D eigenvalue weighted by Gasteiger charge is 2.14. The van der Waals surface area contributed by atoms with Crippen molar-refractivity contribution >= 4 is 5.97 Å². The first kappa shape index (κ1) is 12.9. The number of hydrogen-bond donors (Lipinski definition) is 1. The van der Waals surface area contributed by atoms with Crippen LogP contribution in [0.25, 0.3) is 0 Å². The van der Waals surface area contributed by atoms with Gasteiger partial charge in [-0.15, -0.1) is 0 Å². The highest BCUT2D eigenvalue weighted by atomic mass is 16.6. The van der Waals surface area contributed by atoms with E-state index < -0.39 is 0 Å². The molecule has 2 rings (SSSR count). The Morgan fingerprint density at radius 3 is 2.83 bits per heavy atom. The predicted octanol–water partition coefficient (Wildman–Crippen LogP) is 2.13. The van der Waals surface area contributed by atoms with Crippen molar-refractivity contribution in [2.45, 2.75) is 32.2 Å². The third-order valence-electron chi connectivity index (χ3n) is 2.99. The predicted molar refractivity (Wildman–Crippen MR) is 68.9 cm³/mol. The lowest BCUT2D eigenvalue weighted by molar-refractivity contribution is -0.132. The van der Waals surface area contributed by atoms with E-state index >= 15 is 0 Å². The number of hydrogen-bond acceptors (Lipinski definition) is 4. The minimum atomic E-state index is -0.330. The minimum Gasteiger partial charge on any atom is -0.490 e. The third-order valence-corrected chi connectivity index (χ3v) is 2.99. The third kappa shape index (κ3) is 3.74. The molecule has 1 aromatic rings.